The highest BCUT2D eigenvalue weighted by atomic mass is 16.5. The third-order valence-corrected chi connectivity index (χ3v) is 6.91. The maximum Gasteiger partial charge on any atom is 0.172 e. The molecule has 0 aliphatic carbocycles. The van der Waals surface area contributed by atoms with E-state index in [1.165, 1.54) is 6.07 Å². The number of rotatable bonds is 10. The monoisotopic (exact) mass is 558 g/mol. The van der Waals surface area contributed by atoms with Gasteiger partial charge in [0.25, 0.3) is 0 Å². The number of fused-ring (bicyclic) bond motifs is 1. The quantitative estimate of drug-likeness (QED) is 0.181. The molecule has 0 fully saturated rings. The van der Waals surface area contributed by atoms with Crippen LogP contribution in [0.1, 0.15) is 27.8 Å². The zero-order valence-electron chi connectivity index (χ0n) is 22.9. The second kappa shape index (κ2) is 12.4. The molecule has 1 aliphatic heterocycles. The minimum Gasteiger partial charge on any atom is -0.508 e. The van der Waals surface area contributed by atoms with E-state index in [1.54, 1.807) is 12.1 Å². The molecule has 0 atom stereocenters. The van der Waals surface area contributed by atoms with E-state index >= 15 is 0 Å². The molecule has 6 heteroatoms. The van der Waals surface area contributed by atoms with Gasteiger partial charge < -0.3 is 29.2 Å². The standard InChI is InChI=1S/C36H30O6/c37-31-19-29(39-22-25-10-4-1-5-11-25)20-34-30(31)21-32(38)36(42-34)28-16-17-33(40-23-26-12-6-2-7-13-26)35(18-28)41-24-27-14-8-3-9-15-27/h1-20,37-38H,21-24H2. The van der Waals surface area contributed by atoms with Crippen molar-refractivity contribution in [2.24, 2.45) is 0 Å². The van der Waals surface area contributed by atoms with Crippen molar-refractivity contribution >= 4 is 5.76 Å². The molecule has 0 radical (unpaired) electrons. The Balaban J connectivity index is 1.25. The molecule has 5 aromatic carbocycles. The van der Waals surface area contributed by atoms with Crippen molar-refractivity contribution in [2.75, 3.05) is 0 Å². The van der Waals surface area contributed by atoms with Crippen LogP contribution in [0.25, 0.3) is 5.76 Å². The van der Waals surface area contributed by atoms with Gasteiger partial charge in [-0.1, -0.05) is 91.0 Å². The second-order valence-electron chi connectivity index (χ2n) is 9.96. The summed E-state index contributed by atoms with van der Waals surface area (Å²) in [5.41, 5.74) is 4.16. The molecule has 0 saturated carbocycles. The fourth-order valence-corrected chi connectivity index (χ4v) is 4.69. The van der Waals surface area contributed by atoms with E-state index in [1.807, 2.05) is 103 Å². The molecule has 6 rings (SSSR count). The lowest BCUT2D eigenvalue weighted by atomic mass is 10.0. The smallest absolute Gasteiger partial charge is 0.172 e. The van der Waals surface area contributed by atoms with Crippen LogP contribution in [0.5, 0.6) is 28.7 Å². The van der Waals surface area contributed by atoms with Crippen LogP contribution in [0, 0.1) is 0 Å². The molecule has 0 bridgehead atoms. The van der Waals surface area contributed by atoms with Crippen LogP contribution < -0.4 is 18.9 Å². The molecular weight excluding hydrogens is 528 g/mol. The number of hydrogen-bond acceptors (Lipinski definition) is 6. The molecule has 0 saturated heterocycles. The van der Waals surface area contributed by atoms with E-state index in [2.05, 4.69) is 0 Å². The van der Waals surface area contributed by atoms with Crippen molar-refractivity contribution < 1.29 is 29.2 Å². The fraction of sp³-hybridized carbons (Fsp3) is 0.111. The van der Waals surface area contributed by atoms with E-state index in [0.717, 1.165) is 16.7 Å². The predicted molar refractivity (Wildman–Crippen MR) is 161 cm³/mol. The van der Waals surface area contributed by atoms with E-state index in [-0.39, 0.29) is 23.7 Å². The van der Waals surface area contributed by atoms with E-state index in [9.17, 15) is 10.2 Å². The van der Waals surface area contributed by atoms with E-state index in [4.69, 9.17) is 18.9 Å². The van der Waals surface area contributed by atoms with Gasteiger partial charge in [-0.3, -0.25) is 0 Å². The number of ether oxygens (including phenoxy) is 4. The summed E-state index contributed by atoms with van der Waals surface area (Å²) in [7, 11) is 0. The molecule has 0 spiro atoms. The third-order valence-electron chi connectivity index (χ3n) is 6.91. The zero-order chi connectivity index (χ0) is 28.7. The second-order valence-corrected chi connectivity index (χ2v) is 9.96. The molecule has 42 heavy (non-hydrogen) atoms. The van der Waals surface area contributed by atoms with Gasteiger partial charge in [-0.05, 0) is 34.9 Å². The van der Waals surface area contributed by atoms with Gasteiger partial charge in [0.05, 0.1) is 0 Å². The van der Waals surface area contributed by atoms with Crippen LogP contribution in [0.15, 0.2) is 127 Å². The Kier molecular flexibility index (Phi) is 7.95. The Morgan fingerprint density at radius 1 is 0.571 bits per heavy atom. The average molecular weight is 559 g/mol. The summed E-state index contributed by atoms with van der Waals surface area (Å²) in [4.78, 5) is 0. The van der Waals surface area contributed by atoms with Gasteiger partial charge in [-0.2, -0.15) is 0 Å². The van der Waals surface area contributed by atoms with Crippen molar-refractivity contribution in [3.05, 3.63) is 155 Å². The lowest BCUT2D eigenvalue weighted by Crippen LogP contribution is -2.11. The van der Waals surface area contributed by atoms with Gasteiger partial charge in [0.1, 0.15) is 42.8 Å². The summed E-state index contributed by atoms with van der Waals surface area (Å²) in [5.74, 6) is 2.25. The van der Waals surface area contributed by atoms with Crippen molar-refractivity contribution in [1.82, 2.24) is 0 Å². The van der Waals surface area contributed by atoms with Crippen molar-refractivity contribution in [3.8, 4) is 28.7 Å². The Bertz CT molecular complexity index is 1680. The molecule has 1 heterocycles. The van der Waals surface area contributed by atoms with Crippen molar-refractivity contribution in [3.63, 3.8) is 0 Å². The first-order valence-electron chi connectivity index (χ1n) is 13.7. The van der Waals surface area contributed by atoms with Crippen LogP contribution in [0.2, 0.25) is 0 Å². The number of phenols is 1. The third kappa shape index (κ3) is 6.34. The molecule has 5 aromatic rings. The van der Waals surface area contributed by atoms with Crippen LogP contribution in [0.4, 0.5) is 0 Å². The van der Waals surface area contributed by atoms with Gasteiger partial charge in [0, 0.05) is 29.7 Å². The highest BCUT2D eigenvalue weighted by Crippen LogP contribution is 2.42. The van der Waals surface area contributed by atoms with Crippen LogP contribution >= 0.6 is 0 Å². The lowest BCUT2D eigenvalue weighted by molar-refractivity contribution is 0.255. The summed E-state index contributed by atoms with van der Waals surface area (Å²) < 4.78 is 24.5. The molecule has 6 nitrogen and oxygen atoms in total. The summed E-state index contributed by atoms with van der Waals surface area (Å²) in [5, 5.41) is 21.7. The number of aromatic hydroxyl groups is 1. The number of aliphatic hydroxyl groups is 1. The normalized spacial score (nSPS) is 12.3. The minimum atomic E-state index is -0.00212. The molecule has 1 aliphatic rings. The topological polar surface area (TPSA) is 77.4 Å². The largest absolute Gasteiger partial charge is 0.508 e. The van der Waals surface area contributed by atoms with Gasteiger partial charge in [0.2, 0.25) is 0 Å². The first-order valence-corrected chi connectivity index (χ1v) is 13.7. The molecule has 2 N–H and O–H groups in total. The summed E-state index contributed by atoms with van der Waals surface area (Å²) in [6, 6.07) is 38.3. The van der Waals surface area contributed by atoms with Crippen LogP contribution in [0.3, 0.4) is 0 Å². The number of phenolic OH excluding ortho intramolecular Hbond substituents is 1. The van der Waals surface area contributed by atoms with Crippen molar-refractivity contribution in [2.45, 2.75) is 26.2 Å². The number of hydrogen-bond donors (Lipinski definition) is 2. The Hall–Kier alpha value is -5.36. The van der Waals surface area contributed by atoms with Crippen LogP contribution in [-0.4, -0.2) is 10.2 Å². The maximum atomic E-state index is 11.0. The number of allylic oxidation sites excluding steroid dienone is 1. The Morgan fingerprint density at radius 2 is 1.12 bits per heavy atom. The van der Waals surface area contributed by atoms with E-state index in [0.29, 0.717) is 53.9 Å². The van der Waals surface area contributed by atoms with Crippen LogP contribution in [-0.2, 0) is 26.2 Å². The number of aliphatic hydroxyl groups excluding tert-OH is 1. The highest BCUT2D eigenvalue weighted by molar-refractivity contribution is 5.71. The minimum absolute atomic E-state index is 0.00212. The average Bonchev–Trinajstić information content (AvgIpc) is 3.03. The highest BCUT2D eigenvalue weighted by Gasteiger charge is 2.25. The predicted octanol–water partition coefficient (Wildman–Crippen LogP) is 7.99. The molecule has 0 aromatic heterocycles. The summed E-state index contributed by atoms with van der Waals surface area (Å²) in [6.07, 6.45) is 0.113. The molecule has 0 amide bonds. The van der Waals surface area contributed by atoms with Crippen molar-refractivity contribution in [1.29, 1.82) is 0 Å². The van der Waals surface area contributed by atoms with Gasteiger partial charge in [0.15, 0.2) is 17.3 Å². The Morgan fingerprint density at radius 3 is 1.71 bits per heavy atom. The number of benzene rings is 5. The Labute approximate surface area is 244 Å². The van der Waals surface area contributed by atoms with E-state index < -0.39 is 0 Å². The molecule has 210 valence electrons. The zero-order valence-corrected chi connectivity index (χ0v) is 22.9. The SMILES string of the molecule is OC1=C(c2ccc(OCc3ccccc3)c(OCc3ccccc3)c2)Oc2cc(OCc3ccccc3)cc(O)c2C1. The molecule has 0 unspecified atom stereocenters. The lowest BCUT2D eigenvalue weighted by Gasteiger charge is -2.23. The molecular formula is C36H30O6. The maximum absolute atomic E-state index is 11.0. The van der Waals surface area contributed by atoms with Gasteiger partial charge in [-0.15, -0.1) is 0 Å². The fourth-order valence-electron chi connectivity index (χ4n) is 4.69. The van der Waals surface area contributed by atoms with Gasteiger partial charge >= 0.3 is 0 Å². The van der Waals surface area contributed by atoms with Gasteiger partial charge in [-0.25, -0.2) is 0 Å². The first kappa shape index (κ1) is 26.8. The first-order chi connectivity index (χ1) is 20.6. The summed E-state index contributed by atoms with van der Waals surface area (Å²) >= 11 is 0. The summed E-state index contributed by atoms with van der Waals surface area (Å²) in [6.45, 7) is 1.07.